The van der Waals surface area contributed by atoms with Crippen molar-refractivity contribution in [2.24, 2.45) is 0 Å². The molecule has 0 aromatic carbocycles. The molecule has 1 aliphatic rings. The molecule has 1 aromatic rings. The number of nitro groups is 1. The summed E-state index contributed by atoms with van der Waals surface area (Å²) in [5, 5.41) is 14.2. The van der Waals surface area contributed by atoms with Gasteiger partial charge in [-0.1, -0.05) is 0 Å². The van der Waals surface area contributed by atoms with E-state index in [1.165, 1.54) is 6.20 Å². The van der Waals surface area contributed by atoms with E-state index < -0.39 is 10.5 Å². The molecule has 1 N–H and O–H groups in total. The maximum absolute atomic E-state index is 12.0. The molecule has 0 saturated carbocycles. The van der Waals surface area contributed by atoms with E-state index in [1.54, 1.807) is 11.0 Å². The molecule has 1 saturated heterocycles. The zero-order valence-electron chi connectivity index (χ0n) is 13.9. The zero-order chi connectivity index (χ0) is 17.9. The lowest BCUT2D eigenvalue weighted by atomic mass is 10.1. The minimum Gasteiger partial charge on any atom is -0.444 e. The number of rotatable bonds is 3. The standard InChI is InChI=1S/C15H21BrN4O4/c1-15(2,3)24-14(21)19-6-4-11(5-7-19)18-12-8-10(16)9-17-13(12)20(22)23/h8-9,11,18H,4-7H2,1-3H3. The van der Waals surface area contributed by atoms with Gasteiger partial charge in [-0.3, -0.25) is 0 Å². The summed E-state index contributed by atoms with van der Waals surface area (Å²) in [5.74, 6) is -0.201. The second-order valence-electron chi connectivity index (χ2n) is 6.67. The van der Waals surface area contributed by atoms with Crippen molar-refractivity contribution in [3.8, 4) is 0 Å². The van der Waals surface area contributed by atoms with E-state index in [1.807, 2.05) is 20.8 Å². The summed E-state index contributed by atoms with van der Waals surface area (Å²) in [7, 11) is 0. The number of piperidine rings is 1. The van der Waals surface area contributed by atoms with Gasteiger partial charge in [-0.05, 0) is 65.5 Å². The molecule has 1 aliphatic heterocycles. The number of nitrogens with zero attached hydrogens (tertiary/aromatic N) is 3. The first kappa shape index (κ1) is 18.4. The Morgan fingerprint density at radius 2 is 2.08 bits per heavy atom. The number of pyridine rings is 1. The van der Waals surface area contributed by atoms with E-state index in [-0.39, 0.29) is 18.0 Å². The van der Waals surface area contributed by atoms with Gasteiger partial charge in [0.2, 0.25) is 0 Å². The van der Waals surface area contributed by atoms with Crippen LogP contribution in [0.3, 0.4) is 0 Å². The maximum atomic E-state index is 12.0. The van der Waals surface area contributed by atoms with E-state index in [0.29, 0.717) is 36.1 Å². The molecule has 1 fully saturated rings. The summed E-state index contributed by atoms with van der Waals surface area (Å²) >= 11 is 3.27. The van der Waals surface area contributed by atoms with Crippen LogP contribution in [-0.4, -0.2) is 45.6 Å². The molecule has 1 aromatic heterocycles. The van der Waals surface area contributed by atoms with Gasteiger partial charge in [0.15, 0.2) is 6.20 Å². The van der Waals surface area contributed by atoms with Crippen molar-refractivity contribution in [3.05, 3.63) is 26.9 Å². The monoisotopic (exact) mass is 400 g/mol. The van der Waals surface area contributed by atoms with Gasteiger partial charge >= 0.3 is 11.9 Å². The highest BCUT2D eigenvalue weighted by atomic mass is 79.9. The van der Waals surface area contributed by atoms with E-state index in [2.05, 4.69) is 26.2 Å². The highest BCUT2D eigenvalue weighted by Crippen LogP contribution is 2.27. The molecular weight excluding hydrogens is 380 g/mol. The van der Waals surface area contributed by atoms with Crippen LogP contribution in [0, 0.1) is 10.1 Å². The number of anilines is 1. The molecule has 0 radical (unpaired) electrons. The van der Waals surface area contributed by atoms with Crippen molar-refractivity contribution in [2.75, 3.05) is 18.4 Å². The van der Waals surface area contributed by atoms with Crippen molar-refractivity contribution >= 4 is 33.5 Å². The fourth-order valence-corrected chi connectivity index (χ4v) is 2.77. The minimum atomic E-state index is -0.519. The van der Waals surface area contributed by atoms with Gasteiger partial charge in [0.1, 0.15) is 11.3 Å². The van der Waals surface area contributed by atoms with Gasteiger partial charge in [-0.15, -0.1) is 0 Å². The SMILES string of the molecule is CC(C)(C)OC(=O)N1CCC(Nc2cc(Br)cnc2[N+](=O)[O-])CC1. The molecule has 8 nitrogen and oxygen atoms in total. The van der Waals surface area contributed by atoms with Crippen molar-refractivity contribution in [3.63, 3.8) is 0 Å². The summed E-state index contributed by atoms with van der Waals surface area (Å²) in [6.45, 7) is 6.58. The van der Waals surface area contributed by atoms with Gasteiger partial charge in [-0.25, -0.2) is 4.79 Å². The van der Waals surface area contributed by atoms with Crippen molar-refractivity contribution < 1.29 is 14.5 Å². The van der Waals surface area contributed by atoms with Crippen LogP contribution in [0.4, 0.5) is 16.3 Å². The van der Waals surface area contributed by atoms with Gasteiger partial charge in [0, 0.05) is 19.1 Å². The summed E-state index contributed by atoms with van der Waals surface area (Å²) in [4.78, 5) is 28.1. The third-order valence-corrected chi connectivity index (χ3v) is 3.95. The van der Waals surface area contributed by atoms with Crippen molar-refractivity contribution in [2.45, 2.75) is 45.3 Å². The molecule has 132 valence electrons. The number of ether oxygens (including phenoxy) is 1. The number of nitrogens with one attached hydrogen (secondary N) is 1. The summed E-state index contributed by atoms with van der Waals surface area (Å²) in [6, 6.07) is 1.68. The van der Waals surface area contributed by atoms with Crippen LogP contribution in [0.15, 0.2) is 16.7 Å². The highest BCUT2D eigenvalue weighted by Gasteiger charge is 2.28. The average Bonchev–Trinajstić information content (AvgIpc) is 2.46. The molecule has 0 spiro atoms. The quantitative estimate of drug-likeness (QED) is 0.614. The molecule has 1 amide bonds. The second-order valence-corrected chi connectivity index (χ2v) is 7.58. The third-order valence-electron chi connectivity index (χ3n) is 3.51. The first-order valence-electron chi connectivity index (χ1n) is 7.70. The molecule has 2 heterocycles. The van der Waals surface area contributed by atoms with Crippen LogP contribution in [-0.2, 0) is 4.74 Å². The van der Waals surface area contributed by atoms with Crippen LogP contribution in [0.1, 0.15) is 33.6 Å². The van der Waals surface area contributed by atoms with E-state index in [0.717, 1.165) is 0 Å². The first-order valence-corrected chi connectivity index (χ1v) is 8.49. The van der Waals surface area contributed by atoms with Crippen LogP contribution < -0.4 is 5.32 Å². The Morgan fingerprint density at radius 3 is 2.62 bits per heavy atom. The Balaban J connectivity index is 1.95. The summed E-state index contributed by atoms with van der Waals surface area (Å²) in [5.41, 5.74) is -0.139. The van der Waals surface area contributed by atoms with Crippen LogP contribution in [0.2, 0.25) is 0 Å². The lowest BCUT2D eigenvalue weighted by molar-refractivity contribution is -0.388. The van der Waals surface area contributed by atoms with E-state index in [4.69, 9.17) is 4.74 Å². The number of carbonyl (C=O) groups excluding carboxylic acids is 1. The minimum absolute atomic E-state index is 0.0403. The lowest BCUT2D eigenvalue weighted by Gasteiger charge is -2.33. The number of hydrogen-bond acceptors (Lipinski definition) is 6. The van der Waals surface area contributed by atoms with Crippen LogP contribution in [0.25, 0.3) is 0 Å². The van der Waals surface area contributed by atoms with Gasteiger partial charge in [0.05, 0.1) is 4.47 Å². The van der Waals surface area contributed by atoms with Gasteiger partial charge < -0.3 is 25.1 Å². The number of halogens is 1. The second kappa shape index (κ2) is 7.33. The Hall–Kier alpha value is -1.90. The number of carbonyl (C=O) groups is 1. The molecule has 2 rings (SSSR count). The molecular formula is C15H21BrN4O4. The molecule has 0 bridgehead atoms. The first-order chi connectivity index (χ1) is 11.2. The van der Waals surface area contributed by atoms with Crippen molar-refractivity contribution in [1.29, 1.82) is 0 Å². The molecule has 0 atom stereocenters. The van der Waals surface area contributed by atoms with E-state index in [9.17, 15) is 14.9 Å². The Kier molecular flexibility index (Phi) is 5.63. The van der Waals surface area contributed by atoms with Crippen LogP contribution >= 0.6 is 15.9 Å². The Bertz CT molecular complexity index is 624. The number of hydrogen-bond donors (Lipinski definition) is 1. The van der Waals surface area contributed by atoms with E-state index >= 15 is 0 Å². The zero-order valence-corrected chi connectivity index (χ0v) is 15.5. The number of likely N-dealkylation sites (tertiary alicyclic amines) is 1. The highest BCUT2D eigenvalue weighted by molar-refractivity contribution is 9.10. The van der Waals surface area contributed by atoms with Crippen LogP contribution in [0.5, 0.6) is 0 Å². The molecule has 0 aliphatic carbocycles. The molecule has 9 heteroatoms. The fraction of sp³-hybridized carbons (Fsp3) is 0.600. The Morgan fingerprint density at radius 1 is 1.46 bits per heavy atom. The predicted octanol–water partition coefficient (Wildman–Crippen LogP) is 3.56. The van der Waals surface area contributed by atoms with Crippen molar-refractivity contribution in [1.82, 2.24) is 9.88 Å². The normalized spacial score (nSPS) is 15.9. The smallest absolute Gasteiger partial charge is 0.410 e. The Labute approximate surface area is 148 Å². The third kappa shape index (κ3) is 5.05. The predicted molar refractivity (Wildman–Crippen MR) is 93.0 cm³/mol. The summed E-state index contributed by atoms with van der Waals surface area (Å²) in [6.07, 6.45) is 2.44. The average molecular weight is 401 g/mol. The molecule has 24 heavy (non-hydrogen) atoms. The van der Waals surface area contributed by atoms with Gasteiger partial charge in [-0.2, -0.15) is 0 Å². The topological polar surface area (TPSA) is 97.6 Å². The molecule has 0 unspecified atom stereocenters. The number of aromatic nitrogens is 1. The largest absolute Gasteiger partial charge is 0.444 e. The fourth-order valence-electron chi connectivity index (χ4n) is 2.44. The number of amides is 1. The summed E-state index contributed by atoms with van der Waals surface area (Å²) < 4.78 is 6.03. The maximum Gasteiger partial charge on any atom is 0.410 e. The lowest BCUT2D eigenvalue weighted by Crippen LogP contribution is -2.44. The van der Waals surface area contributed by atoms with Gasteiger partial charge in [0.25, 0.3) is 0 Å².